The van der Waals surface area contributed by atoms with Crippen molar-refractivity contribution in [3.63, 3.8) is 0 Å². The molecule has 0 heterocycles. The van der Waals surface area contributed by atoms with Gasteiger partial charge in [-0.25, -0.2) is 0 Å². The fraction of sp³-hybridized carbons (Fsp3) is 0.400. The van der Waals surface area contributed by atoms with Crippen LogP contribution in [-0.4, -0.2) is 32.9 Å². The van der Waals surface area contributed by atoms with Crippen LogP contribution in [0.2, 0.25) is 0 Å². The summed E-state index contributed by atoms with van der Waals surface area (Å²) in [6.45, 7) is 0.867. The van der Waals surface area contributed by atoms with Crippen molar-refractivity contribution in [1.29, 1.82) is 0 Å². The first-order chi connectivity index (χ1) is 8.36. The Kier molecular flexibility index (Phi) is 6.31. The van der Waals surface area contributed by atoms with Gasteiger partial charge < -0.3 is 5.73 Å². The molecule has 0 aromatic heterocycles. The van der Waals surface area contributed by atoms with Crippen LogP contribution >= 0.6 is 38.5 Å². The predicted molar refractivity (Wildman–Crippen MR) is 85.7 cm³/mol. The molecule has 0 saturated carbocycles. The van der Waals surface area contributed by atoms with Gasteiger partial charge in [-0.2, -0.15) is 12.7 Å². The van der Waals surface area contributed by atoms with Gasteiger partial charge in [0.25, 0.3) is 0 Å². The molecule has 0 radical (unpaired) electrons. The highest BCUT2D eigenvalue weighted by atomic mass is 127. The second kappa shape index (κ2) is 7.04. The Balaban J connectivity index is 2.78. The van der Waals surface area contributed by atoms with Crippen LogP contribution in [-0.2, 0) is 10.2 Å². The maximum atomic E-state index is 12.0. The zero-order valence-electron chi connectivity index (χ0n) is 9.86. The van der Waals surface area contributed by atoms with Crippen LogP contribution in [0.25, 0.3) is 0 Å². The highest BCUT2D eigenvalue weighted by Crippen LogP contribution is 2.23. The Labute approximate surface area is 130 Å². The lowest BCUT2D eigenvalue weighted by Crippen LogP contribution is -2.34. The molecule has 18 heavy (non-hydrogen) atoms. The van der Waals surface area contributed by atoms with Gasteiger partial charge in [-0.1, -0.05) is 0 Å². The third kappa shape index (κ3) is 4.65. The lowest BCUT2D eigenvalue weighted by Gasteiger charge is -2.18. The maximum Gasteiger partial charge on any atom is 0.301 e. The Morgan fingerprint density at radius 2 is 2.17 bits per heavy atom. The third-order valence-corrected chi connectivity index (χ3v) is 6.09. The fourth-order valence-corrected chi connectivity index (χ4v) is 2.89. The number of nitrogens with zero attached hydrogens (tertiary/aromatic N) is 1. The van der Waals surface area contributed by atoms with Gasteiger partial charge in [-0.05, 0) is 69.7 Å². The number of halogens is 2. The average Bonchev–Trinajstić information content (AvgIpc) is 2.30. The molecule has 0 aliphatic carbocycles. The largest absolute Gasteiger partial charge is 0.330 e. The Bertz CT molecular complexity index is 510. The summed E-state index contributed by atoms with van der Waals surface area (Å²) < 4.78 is 29.6. The molecular formula is C10H15BrIN3O2S. The van der Waals surface area contributed by atoms with Crippen molar-refractivity contribution in [2.45, 2.75) is 6.42 Å². The monoisotopic (exact) mass is 447 g/mol. The minimum Gasteiger partial charge on any atom is -0.330 e. The smallest absolute Gasteiger partial charge is 0.301 e. The van der Waals surface area contributed by atoms with Gasteiger partial charge in [0.2, 0.25) is 0 Å². The van der Waals surface area contributed by atoms with E-state index in [1.807, 2.05) is 6.07 Å². The van der Waals surface area contributed by atoms with E-state index in [1.165, 1.54) is 11.4 Å². The fourth-order valence-electron chi connectivity index (χ4n) is 1.22. The van der Waals surface area contributed by atoms with Crippen molar-refractivity contribution in [2.24, 2.45) is 5.73 Å². The molecule has 0 aliphatic rings. The first kappa shape index (κ1) is 16.2. The van der Waals surface area contributed by atoms with Crippen molar-refractivity contribution < 1.29 is 8.42 Å². The molecule has 0 unspecified atom stereocenters. The van der Waals surface area contributed by atoms with Gasteiger partial charge in [0.15, 0.2) is 0 Å². The normalized spacial score (nSPS) is 11.8. The Hall–Kier alpha value is 0.1000. The van der Waals surface area contributed by atoms with E-state index in [0.29, 0.717) is 25.2 Å². The van der Waals surface area contributed by atoms with E-state index in [-0.39, 0.29) is 0 Å². The molecule has 3 N–H and O–H groups in total. The molecule has 0 fully saturated rings. The first-order valence-corrected chi connectivity index (χ1v) is 8.57. The van der Waals surface area contributed by atoms with Gasteiger partial charge in [0, 0.05) is 21.6 Å². The molecule has 0 atom stereocenters. The van der Waals surface area contributed by atoms with E-state index in [0.717, 1.165) is 8.04 Å². The number of hydrogen-bond acceptors (Lipinski definition) is 3. The van der Waals surface area contributed by atoms with Gasteiger partial charge in [0.1, 0.15) is 0 Å². The van der Waals surface area contributed by atoms with Crippen molar-refractivity contribution in [3.05, 3.63) is 26.2 Å². The minimum absolute atomic E-state index is 0.400. The lowest BCUT2D eigenvalue weighted by molar-refractivity contribution is 0.468. The molecule has 1 aromatic rings. The second-order valence-electron chi connectivity index (χ2n) is 3.70. The maximum absolute atomic E-state index is 12.0. The van der Waals surface area contributed by atoms with Crippen LogP contribution < -0.4 is 10.5 Å². The predicted octanol–water partition coefficient (Wildman–Crippen LogP) is 1.99. The summed E-state index contributed by atoms with van der Waals surface area (Å²) in [5.74, 6) is 0. The SMILES string of the molecule is CN(CCCN)S(=O)(=O)Nc1ccc(I)c(Br)c1. The van der Waals surface area contributed by atoms with E-state index in [4.69, 9.17) is 5.73 Å². The number of nitrogens with two attached hydrogens (primary N) is 1. The van der Waals surface area contributed by atoms with E-state index < -0.39 is 10.2 Å². The number of anilines is 1. The molecule has 5 nitrogen and oxygen atoms in total. The van der Waals surface area contributed by atoms with Crippen LogP contribution in [0, 0.1) is 3.57 Å². The summed E-state index contributed by atoms with van der Waals surface area (Å²) in [6, 6.07) is 5.29. The molecule has 8 heteroatoms. The standard InChI is InChI=1S/C10H15BrIN3O2S/c1-15(6-2-5-13)18(16,17)14-8-3-4-10(12)9(11)7-8/h3-4,7,14H,2,5-6,13H2,1H3. The quantitative estimate of drug-likeness (QED) is 0.655. The van der Waals surface area contributed by atoms with Crippen LogP contribution in [0.4, 0.5) is 5.69 Å². The molecule has 1 aromatic carbocycles. The second-order valence-corrected chi connectivity index (χ2v) is 7.49. The summed E-state index contributed by atoms with van der Waals surface area (Å²) in [7, 11) is -1.98. The van der Waals surface area contributed by atoms with Gasteiger partial charge >= 0.3 is 10.2 Å². The van der Waals surface area contributed by atoms with Crippen LogP contribution in [0.1, 0.15) is 6.42 Å². The summed E-state index contributed by atoms with van der Waals surface area (Å²) in [5.41, 5.74) is 5.89. The van der Waals surface area contributed by atoms with Crippen molar-refractivity contribution in [1.82, 2.24) is 4.31 Å². The summed E-state index contributed by atoms with van der Waals surface area (Å²) >= 11 is 5.52. The molecule has 0 aliphatic heterocycles. The van der Waals surface area contributed by atoms with Crippen molar-refractivity contribution in [2.75, 3.05) is 24.9 Å². The third-order valence-electron chi connectivity index (χ3n) is 2.25. The Morgan fingerprint density at radius 1 is 1.50 bits per heavy atom. The highest BCUT2D eigenvalue weighted by Gasteiger charge is 2.17. The highest BCUT2D eigenvalue weighted by molar-refractivity contribution is 14.1. The first-order valence-electron chi connectivity index (χ1n) is 5.26. The molecular weight excluding hydrogens is 433 g/mol. The minimum atomic E-state index is -3.51. The molecule has 0 bridgehead atoms. The van der Waals surface area contributed by atoms with Crippen LogP contribution in [0.15, 0.2) is 22.7 Å². The number of nitrogens with one attached hydrogen (secondary N) is 1. The van der Waals surface area contributed by atoms with Crippen molar-refractivity contribution in [3.8, 4) is 0 Å². The zero-order chi connectivity index (χ0) is 13.8. The average molecular weight is 448 g/mol. The number of benzene rings is 1. The Morgan fingerprint density at radius 3 is 2.72 bits per heavy atom. The molecule has 0 saturated heterocycles. The molecule has 0 spiro atoms. The lowest BCUT2D eigenvalue weighted by atomic mass is 10.3. The zero-order valence-corrected chi connectivity index (χ0v) is 14.4. The van der Waals surface area contributed by atoms with Gasteiger partial charge in [-0.15, -0.1) is 0 Å². The van der Waals surface area contributed by atoms with E-state index in [2.05, 4.69) is 43.2 Å². The van der Waals surface area contributed by atoms with E-state index >= 15 is 0 Å². The van der Waals surface area contributed by atoms with Crippen LogP contribution in [0.3, 0.4) is 0 Å². The van der Waals surface area contributed by atoms with Gasteiger partial charge in [0.05, 0.1) is 5.69 Å². The van der Waals surface area contributed by atoms with E-state index in [9.17, 15) is 8.42 Å². The molecule has 0 amide bonds. The molecule has 102 valence electrons. The summed E-state index contributed by atoms with van der Waals surface area (Å²) in [5, 5.41) is 0. The van der Waals surface area contributed by atoms with Gasteiger partial charge in [-0.3, -0.25) is 4.72 Å². The summed E-state index contributed by atoms with van der Waals surface area (Å²) in [4.78, 5) is 0. The van der Waals surface area contributed by atoms with Crippen molar-refractivity contribution >= 4 is 54.4 Å². The number of hydrogen-bond donors (Lipinski definition) is 2. The topological polar surface area (TPSA) is 75.4 Å². The number of rotatable bonds is 6. The van der Waals surface area contributed by atoms with E-state index in [1.54, 1.807) is 12.1 Å². The molecule has 1 rings (SSSR count). The van der Waals surface area contributed by atoms with Crippen LogP contribution in [0.5, 0.6) is 0 Å². The summed E-state index contributed by atoms with van der Waals surface area (Å²) in [6.07, 6.45) is 0.633.